The summed E-state index contributed by atoms with van der Waals surface area (Å²) in [5.41, 5.74) is 1.37. The van der Waals surface area contributed by atoms with E-state index in [-0.39, 0.29) is 22.7 Å². The minimum Gasteiger partial charge on any atom is -0.358 e. The molecule has 23 heavy (non-hydrogen) atoms. The van der Waals surface area contributed by atoms with Crippen LogP contribution in [0.3, 0.4) is 0 Å². The molecule has 11 heteroatoms. The number of rotatable bonds is 6. The van der Waals surface area contributed by atoms with Gasteiger partial charge < -0.3 is 15.4 Å². The summed E-state index contributed by atoms with van der Waals surface area (Å²) in [4.78, 5) is 22.3. The van der Waals surface area contributed by atoms with Crippen molar-refractivity contribution in [3.8, 4) is 0 Å². The first-order valence-electron chi connectivity index (χ1n) is 6.69. The summed E-state index contributed by atoms with van der Waals surface area (Å²) in [6.45, 7) is 4.50. The molecule has 2 rings (SSSR count). The Hall–Kier alpha value is -1.75. The largest absolute Gasteiger partial charge is 0.404 e. The maximum absolute atomic E-state index is 12.1. The van der Waals surface area contributed by atoms with Crippen LogP contribution in [0.4, 0.5) is 5.82 Å². The van der Waals surface area contributed by atoms with Gasteiger partial charge in [0.2, 0.25) is 5.91 Å². The fourth-order valence-electron chi connectivity index (χ4n) is 1.99. The van der Waals surface area contributed by atoms with Crippen LogP contribution in [0, 0.1) is 17.0 Å². The van der Waals surface area contributed by atoms with Gasteiger partial charge in [-0.3, -0.25) is 9.48 Å². The number of aromatic nitrogens is 4. The fourth-order valence-corrected chi connectivity index (χ4v) is 2.85. The molecular weight excluding hydrogens is 436 g/mol. The van der Waals surface area contributed by atoms with E-state index in [9.17, 15) is 14.9 Å². The molecule has 1 amide bonds. The predicted molar refractivity (Wildman–Crippen MR) is 88.8 cm³/mol. The van der Waals surface area contributed by atoms with Crippen molar-refractivity contribution in [2.24, 2.45) is 0 Å². The van der Waals surface area contributed by atoms with E-state index < -0.39 is 4.92 Å². The van der Waals surface area contributed by atoms with Gasteiger partial charge in [0, 0.05) is 6.54 Å². The summed E-state index contributed by atoms with van der Waals surface area (Å²) in [5.74, 6) is -0.601. The number of aryl methyl sites for hydroxylation is 1. The predicted octanol–water partition coefficient (Wildman–Crippen LogP) is 2.16. The van der Waals surface area contributed by atoms with E-state index in [0.717, 1.165) is 10.2 Å². The summed E-state index contributed by atoms with van der Waals surface area (Å²) < 4.78 is 4.16. The van der Waals surface area contributed by atoms with Crippen molar-refractivity contribution in [3.63, 3.8) is 0 Å². The highest BCUT2D eigenvalue weighted by Gasteiger charge is 2.24. The normalized spacial score (nSPS) is 10.8. The van der Waals surface area contributed by atoms with Gasteiger partial charge in [0.25, 0.3) is 0 Å². The van der Waals surface area contributed by atoms with Crippen molar-refractivity contribution in [2.45, 2.75) is 33.5 Å². The smallest absolute Gasteiger partial charge is 0.358 e. The lowest BCUT2D eigenvalue weighted by Gasteiger charge is -2.07. The van der Waals surface area contributed by atoms with Crippen LogP contribution in [-0.2, 0) is 24.4 Å². The van der Waals surface area contributed by atoms with Gasteiger partial charge in [-0.05, 0) is 50.6 Å². The van der Waals surface area contributed by atoms with Gasteiger partial charge in [-0.25, -0.2) is 0 Å². The van der Waals surface area contributed by atoms with E-state index >= 15 is 0 Å². The third-order valence-electron chi connectivity index (χ3n) is 3.23. The average molecular weight is 450 g/mol. The zero-order valence-corrected chi connectivity index (χ0v) is 15.6. The van der Waals surface area contributed by atoms with Crippen LogP contribution in [0.1, 0.15) is 18.3 Å². The standard InChI is InChI=1S/C12H14Br2N6O3/c1-3-18-9(8(13)4-16-18)5-15-10(21)6-19-7(2)11(14)12(17-19)20(22)23/h4H,3,5-6H2,1-2H3,(H,15,21). The number of halogens is 2. The maximum Gasteiger partial charge on any atom is 0.404 e. The van der Waals surface area contributed by atoms with E-state index in [1.165, 1.54) is 4.68 Å². The van der Waals surface area contributed by atoms with Gasteiger partial charge in [-0.1, -0.05) is 0 Å². The molecule has 0 spiro atoms. The molecule has 0 saturated carbocycles. The molecule has 0 unspecified atom stereocenters. The first kappa shape index (κ1) is 17.6. The second-order valence-electron chi connectivity index (χ2n) is 4.67. The zero-order chi connectivity index (χ0) is 17.1. The van der Waals surface area contributed by atoms with E-state index in [0.29, 0.717) is 18.8 Å². The SMILES string of the molecule is CCn1ncc(Br)c1CNC(=O)Cn1nc([N+](=O)[O-])c(Br)c1C. The summed E-state index contributed by atoms with van der Waals surface area (Å²) in [7, 11) is 0. The molecule has 0 bridgehead atoms. The monoisotopic (exact) mass is 448 g/mol. The molecule has 0 aliphatic rings. The summed E-state index contributed by atoms with van der Waals surface area (Å²) in [6.07, 6.45) is 1.67. The molecule has 0 aliphatic heterocycles. The van der Waals surface area contributed by atoms with Gasteiger partial charge in [0.15, 0.2) is 0 Å². The Morgan fingerprint density at radius 2 is 2.13 bits per heavy atom. The van der Waals surface area contributed by atoms with E-state index in [4.69, 9.17) is 0 Å². The third-order valence-corrected chi connectivity index (χ3v) is 4.82. The molecule has 9 nitrogen and oxygen atoms in total. The lowest BCUT2D eigenvalue weighted by Crippen LogP contribution is -2.29. The number of nitro groups is 1. The maximum atomic E-state index is 12.1. The van der Waals surface area contributed by atoms with Crippen molar-refractivity contribution < 1.29 is 9.72 Å². The van der Waals surface area contributed by atoms with E-state index in [1.807, 2.05) is 6.92 Å². The third kappa shape index (κ3) is 3.78. The van der Waals surface area contributed by atoms with Crippen LogP contribution < -0.4 is 5.32 Å². The highest BCUT2D eigenvalue weighted by atomic mass is 79.9. The molecule has 0 aliphatic carbocycles. The van der Waals surface area contributed by atoms with Crippen molar-refractivity contribution in [2.75, 3.05) is 0 Å². The number of hydrogen-bond acceptors (Lipinski definition) is 5. The van der Waals surface area contributed by atoms with Crippen LogP contribution >= 0.6 is 31.9 Å². The second-order valence-corrected chi connectivity index (χ2v) is 6.32. The molecule has 124 valence electrons. The van der Waals surface area contributed by atoms with Gasteiger partial charge in [-0.2, -0.15) is 9.78 Å². The van der Waals surface area contributed by atoms with Gasteiger partial charge >= 0.3 is 5.82 Å². The van der Waals surface area contributed by atoms with Crippen LogP contribution in [-0.4, -0.2) is 30.4 Å². The molecule has 2 aromatic rings. The minimum atomic E-state index is -0.595. The molecule has 0 aromatic carbocycles. The summed E-state index contributed by atoms with van der Waals surface area (Å²) >= 11 is 6.50. The molecule has 2 heterocycles. The lowest BCUT2D eigenvalue weighted by molar-refractivity contribution is -0.390. The number of amides is 1. The highest BCUT2D eigenvalue weighted by Crippen LogP contribution is 2.26. The average Bonchev–Trinajstić information content (AvgIpc) is 2.99. The van der Waals surface area contributed by atoms with Gasteiger partial charge in [0.1, 0.15) is 11.0 Å². The van der Waals surface area contributed by atoms with E-state index in [2.05, 4.69) is 47.4 Å². The van der Waals surface area contributed by atoms with E-state index in [1.54, 1.807) is 17.8 Å². The van der Waals surface area contributed by atoms with Crippen LogP contribution in [0.5, 0.6) is 0 Å². The number of hydrogen-bond donors (Lipinski definition) is 1. The molecule has 2 aromatic heterocycles. The lowest BCUT2D eigenvalue weighted by atomic mass is 10.4. The van der Waals surface area contributed by atoms with Crippen molar-refractivity contribution in [1.82, 2.24) is 24.9 Å². The first-order chi connectivity index (χ1) is 10.8. The topological polar surface area (TPSA) is 108 Å². The van der Waals surface area contributed by atoms with Crippen molar-refractivity contribution >= 4 is 43.6 Å². The van der Waals surface area contributed by atoms with Gasteiger partial charge in [-0.15, -0.1) is 0 Å². The van der Waals surface area contributed by atoms with Crippen LogP contribution in [0.25, 0.3) is 0 Å². The number of nitrogens with one attached hydrogen (secondary N) is 1. The van der Waals surface area contributed by atoms with Crippen molar-refractivity contribution in [3.05, 3.63) is 36.6 Å². The number of carbonyl (C=O) groups excluding carboxylic acids is 1. The Bertz CT molecular complexity index is 754. The molecule has 0 radical (unpaired) electrons. The second kappa shape index (κ2) is 7.21. The van der Waals surface area contributed by atoms with Crippen LogP contribution in [0.2, 0.25) is 0 Å². The Morgan fingerprint density at radius 3 is 2.70 bits per heavy atom. The number of carbonyl (C=O) groups is 1. The van der Waals surface area contributed by atoms with Crippen molar-refractivity contribution in [1.29, 1.82) is 0 Å². The molecular formula is C12H14Br2N6O3. The molecule has 0 atom stereocenters. The molecule has 1 N–H and O–H groups in total. The first-order valence-corrected chi connectivity index (χ1v) is 8.27. The Balaban J connectivity index is 2.04. The Labute approximate surface area is 148 Å². The fraction of sp³-hybridized carbons (Fsp3) is 0.417. The minimum absolute atomic E-state index is 0.101. The van der Waals surface area contributed by atoms with Gasteiger partial charge in [0.05, 0.1) is 33.7 Å². The highest BCUT2D eigenvalue weighted by molar-refractivity contribution is 9.11. The number of nitrogens with zero attached hydrogens (tertiary/aromatic N) is 5. The molecule has 0 saturated heterocycles. The Kier molecular flexibility index (Phi) is 5.52. The summed E-state index contributed by atoms with van der Waals surface area (Å²) in [6, 6.07) is 0. The molecule has 0 fully saturated rings. The quantitative estimate of drug-likeness (QED) is 0.536. The Morgan fingerprint density at radius 1 is 1.43 bits per heavy atom. The van der Waals surface area contributed by atoms with Crippen LogP contribution in [0.15, 0.2) is 15.1 Å². The zero-order valence-electron chi connectivity index (χ0n) is 12.4. The summed E-state index contributed by atoms with van der Waals surface area (Å²) in [5, 5.41) is 21.6.